The van der Waals surface area contributed by atoms with Gasteiger partial charge in [0.1, 0.15) is 5.82 Å². The summed E-state index contributed by atoms with van der Waals surface area (Å²) in [6.45, 7) is 2.93. The predicted molar refractivity (Wildman–Crippen MR) is 69.7 cm³/mol. The molecule has 0 unspecified atom stereocenters. The Hall–Kier alpha value is -0.970. The molecule has 0 aromatic carbocycles. The molecule has 0 aliphatic carbocycles. The third-order valence-corrected chi connectivity index (χ3v) is 3.83. The molecule has 88 valence electrons. The number of nitrogens with zero attached hydrogens (tertiary/aromatic N) is 2. The van der Waals surface area contributed by atoms with Crippen LogP contribution in [0.25, 0.3) is 0 Å². The van der Waals surface area contributed by atoms with Crippen LogP contribution in [-0.4, -0.2) is 28.0 Å². The number of anilines is 2. The number of aromatic nitrogens is 2. The zero-order chi connectivity index (χ0) is 11.4. The number of nitrogens with one attached hydrogen (secondary N) is 1. The van der Waals surface area contributed by atoms with Crippen LogP contribution >= 0.6 is 11.8 Å². The molecular formula is C11H18N4S. The third kappa shape index (κ3) is 3.27. The molecule has 0 spiro atoms. The molecule has 1 fully saturated rings. The van der Waals surface area contributed by atoms with E-state index in [2.05, 4.69) is 27.0 Å². The van der Waals surface area contributed by atoms with Crippen molar-refractivity contribution in [2.45, 2.75) is 19.8 Å². The van der Waals surface area contributed by atoms with Crippen molar-refractivity contribution in [2.24, 2.45) is 5.92 Å². The van der Waals surface area contributed by atoms with Crippen LogP contribution in [0.3, 0.4) is 0 Å². The van der Waals surface area contributed by atoms with E-state index in [1.807, 2.05) is 13.0 Å². The average molecular weight is 238 g/mol. The molecule has 0 radical (unpaired) electrons. The topological polar surface area (TPSA) is 63.8 Å². The van der Waals surface area contributed by atoms with Crippen molar-refractivity contribution in [1.29, 1.82) is 0 Å². The van der Waals surface area contributed by atoms with E-state index in [0.29, 0.717) is 5.95 Å². The number of aryl methyl sites for hydroxylation is 1. The summed E-state index contributed by atoms with van der Waals surface area (Å²) in [7, 11) is 0. The Kier molecular flexibility index (Phi) is 3.88. The molecule has 1 aromatic rings. The lowest BCUT2D eigenvalue weighted by Crippen LogP contribution is -2.19. The summed E-state index contributed by atoms with van der Waals surface area (Å²) in [6.07, 6.45) is 2.61. The van der Waals surface area contributed by atoms with Crippen molar-refractivity contribution in [3.8, 4) is 0 Å². The van der Waals surface area contributed by atoms with E-state index in [0.717, 1.165) is 24.0 Å². The van der Waals surface area contributed by atoms with Gasteiger partial charge in [-0.3, -0.25) is 0 Å². The fourth-order valence-electron chi connectivity index (χ4n) is 1.88. The first-order valence-electron chi connectivity index (χ1n) is 5.67. The van der Waals surface area contributed by atoms with Gasteiger partial charge in [0.2, 0.25) is 5.95 Å². The second-order valence-corrected chi connectivity index (χ2v) is 5.41. The molecule has 5 heteroatoms. The van der Waals surface area contributed by atoms with Crippen LogP contribution in [0, 0.1) is 12.8 Å². The highest BCUT2D eigenvalue weighted by Gasteiger charge is 2.13. The number of nitrogens with two attached hydrogens (primary N) is 1. The number of thioether (sulfide) groups is 1. The lowest BCUT2D eigenvalue weighted by Gasteiger charge is -2.21. The highest BCUT2D eigenvalue weighted by atomic mass is 32.2. The van der Waals surface area contributed by atoms with Gasteiger partial charge in [0.25, 0.3) is 0 Å². The van der Waals surface area contributed by atoms with Gasteiger partial charge < -0.3 is 11.1 Å². The number of rotatable bonds is 3. The summed E-state index contributed by atoms with van der Waals surface area (Å²) in [5, 5.41) is 3.36. The Balaban J connectivity index is 1.88. The zero-order valence-corrected chi connectivity index (χ0v) is 10.4. The van der Waals surface area contributed by atoms with E-state index in [-0.39, 0.29) is 0 Å². The van der Waals surface area contributed by atoms with Crippen LogP contribution in [0.5, 0.6) is 0 Å². The zero-order valence-electron chi connectivity index (χ0n) is 9.57. The van der Waals surface area contributed by atoms with Gasteiger partial charge in [-0.05, 0) is 37.2 Å². The molecule has 0 atom stereocenters. The molecule has 2 rings (SSSR count). The monoisotopic (exact) mass is 238 g/mol. The summed E-state index contributed by atoms with van der Waals surface area (Å²) < 4.78 is 0. The average Bonchev–Trinajstić information content (AvgIpc) is 2.27. The van der Waals surface area contributed by atoms with Crippen LogP contribution in [0.15, 0.2) is 6.07 Å². The maximum atomic E-state index is 5.60. The molecule has 16 heavy (non-hydrogen) atoms. The Bertz CT molecular complexity index is 330. The normalized spacial score (nSPS) is 17.3. The van der Waals surface area contributed by atoms with Gasteiger partial charge in [-0.1, -0.05) is 0 Å². The van der Waals surface area contributed by atoms with Gasteiger partial charge in [0.15, 0.2) is 0 Å². The molecule has 0 amide bonds. The Morgan fingerprint density at radius 1 is 1.44 bits per heavy atom. The molecule has 0 bridgehead atoms. The fourth-order valence-corrected chi connectivity index (χ4v) is 3.09. The quantitative estimate of drug-likeness (QED) is 0.842. The van der Waals surface area contributed by atoms with Gasteiger partial charge in [-0.2, -0.15) is 16.7 Å². The minimum absolute atomic E-state index is 0.349. The number of hydrogen-bond acceptors (Lipinski definition) is 5. The van der Waals surface area contributed by atoms with Crippen LogP contribution < -0.4 is 11.1 Å². The summed E-state index contributed by atoms with van der Waals surface area (Å²) >= 11 is 2.05. The van der Waals surface area contributed by atoms with Crippen molar-refractivity contribution in [1.82, 2.24) is 9.97 Å². The molecular weight excluding hydrogens is 220 g/mol. The van der Waals surface area contributed by atoms with E-state index < -0.39 is 0 Å². The summed E-state index contributed by atoms with van der Waals surface area (Å²) in [5.74, 6) is 4.55. The molecule has 1 saturated heterocycles. The van der Waals surface area contributed by atoms with Crippen LogP contribution in [0.2, 0.25) is 0 Å². The maximum Gasteiger partial charge on any atom is 0.222 e. The Morgan fingerprint density at radius 3 is 2.88 bits per heavy atom. The highest BCUT2D eigenvalue weighted by molar-refractivity contribution is 7.99. The largest absolute Gasteiger partial charge is 0.370 e. The Morgan fingerprint density at radius 2 is 2.19 bits per heavy atom. The second kappa shape index (κ2) is 5.39. The van der Waals surface area contributed by atoms with Gasteiger partial charge in [0.05, 0.1) is 0 Å². The highest BCUT2D eigenvalue weighted by Crippen LogP contribution is 2.22. The fraction of sp³-hybridized carbons (Fsp3) is 0.636. The third-order valence-electron chi connectivity index (χ3n) is 2.78. The molecule has 3 N–H and O–H groups in total. The lowest BCUT2D eigenvalue weighted by atomic mass is 10.0. The first-order valence-corrected chi connectivity index (χ1v) is 6.82. The lowest BCUT2D eigenvalue weighted by molar-refractivity contribution is 0.515. The predicted octanol–water partition coefficient (Wildman–Crippen LogP) is 1.92. The van der Waals surface area contributed by atoms with E-state index >= 15 is 0 Å². The van der Waals surface area contributed by atoms with Gasteiger partial charge in [0, 0.05) is 18.3 Å². The van der Waals surface area contributed by atoms with Crippen molar-refractivity contribution >= 4 is 23.5 Å². The van der Waals surface area contributed by atoms with E-state index in [1.54, 1.807) is 0 Å². The van der Waals surface area contributed by atoms with Gasteiger partial charge in [-0.25, -0.2) is 4.98 Å². The minimum Gasteiger partial charge on any atom is -0.370 e. The minimum atomic E-state index is 0.349. The molecule has 1 aromatic heterocycles. The second-order valence-electron chi connectivity index (χ2n) is 4.19. The number of nitrogen functional groups attached to an aromatic ring is 1. The van der Waals surface area contributed by atoms with Crippen molar-refractivity contribution in [3.05, 3.63) is 11.8 Å². The smallest absolute Gasteiger partial charge is 0.222 e. The Labute approximate surface area is 100 Å². The molecule has 4 nitrogen and oxygen atoms in total. The van der Waals surface area contributed by atoms with Crippen LogP contribution in [0.1, 0.15) is 18.5 Å². The van der Waals surface area contributed by atoms with Crippen LogP contribution in [-0.2, 0) is 0 Å². The molecule has 1 aliphatic rings. The van der Waals surface area contributed by atoms with E-state index in [1.165, 1.54) is 24.3 Å². The SMILES string of the molecule is Cc1cc(NCC2CCSCC2)nc(N)n1. The standard InChI is InChI=1S/C11H18N4S/c1-8-6-10(15-11(12)14-8)13-7-9-2-4-16-5-3-9/h6,9H,2-5,7H2,1H3,(H3,12,13,14,15). The van der Waals surface area contributed by atoms with Crippen LogP contribution in [0.4, 0.5) is 11.8 Å². The van der Waals surface area contributed by atoms with Gasteiger partial charge in [-0.15, -0.1) is 0 Å². The summed E-state index contributed by atoms with van der Waals surface area (Å²) in [4.78, 5) is 8.22. The van der Waals surface area contributed by atoms with Gasteiger partial charge >= 0.3 is 0 Å². The van der Waals surface area contributed by atoms with Crippen molar-refractivity contribution < 1.29 is 0 Å². The number of hydrogen-bond donors (Lipinski definition) is 2. The summed E-state index contributed by atoms with van der Waals surface area (Å²) in [5.41, 5.74) is 6.51. The van der Waals surface area contributed by atoms with E-state index in [4.69, 9.17) is 5.73 Å². The molecule has 2 heterocycles. The maximum absolute atomic E-state index is 5.60. The first kappa shape index (κ1) is 11.5. The first-order chi connectivity index (χ1) is 7.74. The molecule has 1 aliphatic heterocycles. The van der Waals surface area contributed by atoms with Crippen molar-refractivity contribution in [2.75, 3.05) is 29.1 Å². The van der Waals surface area contributed by atoms with Crippen molar-refractivity contribution in [3.63, 3.8) is 0 Å². The molecule has 0 saturated carbocycles. The van der Waals surface area contributed by atoms with E-state index in [9.17, 15) is 0 Å². The summed E-state index contributed by atoms with van der Waals surface area (Å²) in [6, 6.07) is 1.94.